The molecule has 1 aromatic carbocycles. The zero-order valence-electron chi connectivity index (χ0n) is 11.9. The summed E-state index contributed by atoms with van der Waals surface area (Å²) in [7, 11) is 0. The molecule has 0 saturated carbocycles. The summed E-state index contributed by atoms with van der Waals surface area (Å²) in [5.74, 6) is 0.309. The smallest absolute Gasteiger partial charge is 0.0943 e. The molecule has 1 radical (unpaired) electrons. The average Bonchev–Trinajstić information content (AvgIpc) is 2.36. The number of hydrogen-bond donors (Lipinski definition) is 0. The molecule has 9 heteroatoms. The topological polar surface area (TPSA) is 0 Å². The third kappa shape index (κ3) is 4.76. The van der Waals surface area contributed by atoms with E-state index < -0.39 is 16.8 Å². The standard InChI is InChI=1S/C14H12Cl9/c1-8(2)6-9-4-3-5-10(7-9)11(15,16)12(17,18)13(19,20)14(21,22)23/h3-8H,1-2H3. The first-order chi connectivity index (χ1) is 10.1. The van der Waals surface area contributed by atoms with Crippen molar-refractivity contribution in [1.29, 1.82) is 0 Å². The normalized spacial score (nSPS) is 14.4. The monoisotopic (exact) mass is 495 g/mol. The molecule has 1 rings (SSSR count). The van der Waals surface area contributed by atoms with Crippen LogP contribution in [0.25, 0.3) is 0 Å². The third-order valence-electron chi connectivity index (χ3n) is 2.92. The van der Waals surface area contributed by atoms with E-state index in [-0.39, 0.29) is 0 Å². The summed E-state index contributed by atoms with van der Waals surface area (Å²) < 4.78 is -8.73. The predicted molar refractivity (Wildman–Crippen MR) is 107 cm³/mol. The molecule has 0 unspecified atom stereocenters. The first kappa shape index (κ1) is 22.9. The predicted octanol–water partition coefficient (Wildman–Crippen LogP) is 8.24. The first-order valence-electron chi connectivity index (χ1n) is 6.30. The first-order valence-corrected chi connectivity index (χ1v) is 9.70. The van der Waals surface area contributed by atoms with Gasteiger partial charge in [-0.3, -0.25) is 0 Å². The number of halogens is 9. The second-order valence-corrected chi connectivity index (χ2v) is 11.5. The van der Waals surface area contributed by atoms with Crippen molar-refractivity contribution >= 4 is 104 Å². The second kappa shape index (κ2) is 7.83. The number of benzene rings is 1. The molecule has 0 N–H and O–H groups in total. The molecule has 0 spiro atoms. The maximum absolute atomic E-state index is 6.40. The van der Waals surface area contributed by atoms with Crippen molar-refractivity contribution < 1.29 is 0 Å². The minimum Gasteiger partial charge on any atom is -0.0943 e. The van der Waals surface area contributed by atoms with E-state index in [9.17, 15) is 0 Å². The van der Waals surface area contributed by atoms with Crippen LogP contribution in [0.4, 0.5) is 0 Å². The van der Waals surface area contributed by atoms with Gasteiger partial charge in [-0.1, -0.05) is 143 Å². The molecule has 0 aromatic heterocycles. The number of hydrogen-bond acceptors (Lipinski definition) is 0. The molecule has 0 aliphatic heterocycles. The zero-order chi connectivity index (χ0) is 18.3. The average molecular weight is 499 g/mol. The van der Waals surface area contributed by atoms with Gasteiger partial charge in [0.15, 0.2) is 8.67 Å². The lowest BCUT2D eigenvalue weighted by molar-refractivity contribution is 0.600. The molecule has 1 aromatic rings. The molecule has 0 atom stereocenters. The van der Waals surface area contributed by atoms with Crippen LogP contribution in [0, 0.1) is 12.3 Å². The molecule has 0 fully saturated rings. The van der Waals surface area contributed by atoms with Gasteiger partial charge in [-0.15, -0.1) is 0 Å². The van der Waals surface area contributed by atoms with Crippen molar-refractivity contribution in [3.63, 3.8) is 0 Å². The molecule has 0 amide bonds. The van der Waals surface area contributed by atoms with Crippen LogP contribution in [-0.2, 0) is 4.33 Å². The molecular weight excluding hydrogens is 487 g/mol. The van der Waals surface area contributed by atoms with Crippen molar-refractivity contribution in [2.24, 2.45) is 5.92 Å². The van der Waals surface area contributed by atoms with Crippen molar-refractivity contribution in [2.75, 3.05) is 0 Å². The molecule has 0 heterocycles. The fourth-order valence-corrected chi connectivity index (χ4v) is 3.99. The zero-order valence-corrected chi connectivity index (χ0v) is 18.7. The Morgan fingerprint density at radius 2 is 1.35 bits per heavy atom. The molecule has 0 saturated heterocycles. The van der Waals surface area contributed by atoms with Gasteiger partial charge in [0.2, 0.25) is 8.13 Å². The highest BCUT2D eigenvalue weighted by Crippen LogP contribution is 2.65. The van der Waals surface area contributed by atoms with E-state index in [0.29, 0.717) is 11.5 Å². The summed E-state index contributed by atoms with van der Waals surface area (Å²) in [5.41, 5.74) is 1.23. The van der Waals surface area contributed by atoms with Crippen LogP contribution < -0.4 is 0 Å². The lowest BCUT2D eigenvalue weighted by Crippen LogP contribution is -2.54. The van der Waals surface area contributed by atoms with Gasteiger partial charge >= 0.3 is 0 Å². The second-order valence-electron chi connectivity index (χ2n) is 5.26. The van der Waals surface area contributed by atoms with Gasteiger partial charge < -0.3 is 0 Å². The van der Waals surface area contributed by atoms with Crippen molar-refractivity contribution in [3.8, 4) is 0 Å². The van der Waals surface area contributed by atoms with Gasteiger partial charge in [0.1, 0.15) is 0 Å². The minimum absolute atomic E-state index is 0.309. The molecule has 131 valence electrons. The fraction of sp³-hybridized carbons (Fsp3) is 0.500. The Bertz CT molecular complexity index is 543. The molecule has 0 aliphatic rings. The summed E-state index contributed by atoms with van der Waals surface area (Å²) in [4.78, 5) is 0. The van der Waals surface area contributed by atoms with Crippen molar-refractivity contribution in [3.05, 3.63) is 41.8 Å². The van der Waals surface area contributed by atoms with Crippen LogP contribution in [0.1, 0.15) is 25.0 Å². The quantitative estimate of drug-likeness (QED) is 0.358. The Kier molecular flexibility index (Phi) is 7.79. The van der Waals surface area contributed by atoms with E-state index in [1.54, 1.807) is 18.2 Å². The van der Waals surface area contributed by atoms with Crippen molar-refractivity contribution in [1.82, 2.24) is 0 Å². The lowest BCUT2D eigenvalue weighted by atomic mass is 9.98. The number of rotatable bonds is 5. The van der Waals surface area contributed by atoms with E-state index in [1.165, 1.54) is 0 Å². The van der Waals surface area contributed by atoms with Crippen LogP contribution in [0.2, 0.25) is 0 Å². The summed E-state index contributed by atoms with van der Waals surface area (Å²) in [6.45, 7) is 4.06. The Labute approximate surface area is 181 Å². The fourth-order valence-electron chi connectivity index (χ4n) is 1.78. The maximum atomic E-state index is 6.40. The highest BCUT2D eigenvalue weighted by Gasteiger charge is 2.68. The van der Waals surface area contributed by atoms with Gasteiger partial charge in [0.25, 0.3) is 0 Å². The Morgan fingerprint density at radius 3 is 1.78 bits per heavy atom. The highest BCUT2D eigenvalue weighted by atomic mass is 35.6. The summed E-state index contributed by atoms with van der Waals surface area (Å²) in [6.07, 6.45) is 2.00. The largest absolute Gasteiger partial charge is 0.226 e. The van der Waals surface area contributed by atoms with Gasteiger partial charge in [0.05, 0.1) is 0 Å². The van der Waals surface area contributed by atoms with Gasteiger partial charge in [-0.25, -0.2) is 0 Å². The summed E-state index contributed by atoms with van der Waals surface area (Å²) >= 11 is 54.8. The SMILES string of the molecule is CC(C)[CH]c1cccc(C(Cl)(Cl)C(Cl)(Cl)C(Cl)(Cl)C(Cl)(Cl)Cl)c1. The minimum atomic E-state index is -2.30. The van der Waals surface area contributed by atoms with Crippen LogP contribution in [0.15, 0.2) is 24.3 Å². The van der Waals surface area contributed by atoms with E-state index in [0.717, 1.165) is 5.56 Å². The third-order valence-corrected chi connectivity index (χ3v) is 8.40. The molecule has 0 aliphatic carbocycles. The van der Waals surface area contributed by atoms with Crippen molar-refractivity contribution in [2.45, 2.75) is 30.6 Å². The summed E-state index contributed by atoms with van der Waals surface area (Å²) in [5, 5.41) is 0. The van der Waals surface area contributed by atoms with Gasteiger partial charge in [-0.2, -0.15) is 0 Å². The lowest BCUT2D eigenvalue weighted by Gasteiger charge is -2.44. The Morgan fingerprint density at radius 1 is 0.826 bits per heavy atom. The van der Waals surface area contributed by atoms with Crippen LogP contribution in [-0.4, -0.2) is 12.5 Å². The van der Waals surface area contributed by atoms with E-state index in [1.807, 2.05) is 26.3 Å². The van der Waals surface area contributed by atoms with E-state index in [4.69, 9.17) is 104 Å². The Hall–Kier alpha value is 1.83. The Balaban J connectivity index is 3.34. The van der Waals surface area contributed by atoms with Crippen LogP contribution in [0.5, 0.6) is 0 Å². The van der Waals surface area contributed by atoms with Gasteiger partial charge in [-0.05, 0) is 23.5 Å². The number of alkyl halides is 9. The van der Waals surface area contributed by atoms with Crippen LogP contribution in [0.3, 0.4) is 0 Å². The summed E-state index contributed by atoms with van der Waals surface area (Å²) in [6, 6.07) is 6.95. The maximum Gasteiger partial charge on any atom is 0.226 e. The van der Waals surface area contributed by atoms with E-state index >= 15 is 0 Å². The molecule has 23 heavy (non-hydrogen) atoms. The highest BCUT2D eigenvalue weighted by molar-refractivity contribution is 6.80. The van der Waals surface area contributed by atoms with Crippen LogP contribution >= 0.6 is 104 Å². The molecular formula is C14H12Cl9. The molecule has 0 bridgehead atoms. The van der Waals surface area contributed by atoms with E-state index in [2.05, 4.69) is 0 Å². The van der Waals surface area contributed by atoms with Gasteiger partial charge in [0, 0.05) is 0 Å². The molecule has 0 nitrogen and oxygen atoms in total.